The van der Waals surface area contributed by atoms with Crippen LogP contribution in [0.3, 0.4) is 0 Å². The lowest BCUT2D eigenvalue weighted by Gasteiger charge is -2.10. The standard InChI is InChI=1S/C16H15NO5S2/c1-8-6-11(15(19)21-8)22-16(20)13-10(12-4-3-5-23-12)7-24-14(13)17-9(2)18/h3-5,7-8,11H,6H2,1-2H3,(H,17,18). The number of cyclic esters (lactones) is 1. The van der Waals surface area contributed by atoms with Crippen LogP contribution < -0.4 is 5.32 Å². The Morgan fingerprint density at radius 1 is 1.38 bits per heavy atom. The molecule has 3 heterocycles. The zero-order valence-electron chi connectivity index (χ0n) is 13.0. The molecule has 1 aliphatic rings. The van der Waals surface area contributed by atoms with E-state index in [0.29, 0.717) is 17.0 Å². The van der Waals surface area contributed by atoms with Gasteiger partial charge in [0.15, 0.2) is 0 Å². The van der Waals surface area contributed by atoms with Gasteiger partial charge in [-0.2, -0.15) is 0 Å². The van der Waals surface area contributed by atoms with Gasteiger partial charge in [0.25, 0.3) is 0 Å². The van der Waals surface area contributed by atoms with Gasteiger partial charge in [-0.25, -0.2) is 9.59 Å². The van der Waals surface area contributed by atoms with Crippen molar-refractivity contribution in [3.63, 3.8) is 0 Å². The second-order valence-electron chi connectivity index (χ2n) is 5.39. The topological polar surface area (TPSA) is 81.7 Å². The molecule has 0 spiro atoms. The van der Waals surface area contributed by atoms with E-state index >= 15 is 0 Å². The van der Waals surface area contributed by atoms with Crippen molar-refractivity contribution in [2.45, 2.75) is 32.5 Å². The van der Waals surface area contributed by atoms with Crippen molar-refractivity contribution in [1.29, 1.82) is 0 Å². The molecule has 2 unspecified atom stereocenters. The fourth-order valence-corrected chi connectivity index (χ4v) is 4.25. The molecule has 1 aliphatic heterocycles. The lowest BCUT2D eigenvalue weighted by atomic mass is 10.1. The summed E-state index contributed by atoms with van der Waals surface area (Å²) in [5, 5.41) is 6.76. The molecule has 8 heteroatoms. The van der Waals surface area contributed by atoms with Gasteiger partial charge in [-0.1, -0.05) is 6.07 Å². The summed E-state index contributed by atoms with van der Waals surface area (Å²) in [4.78, 5) is 36.6. The molecule has 1 amide bonds. The van der Waals surface area contributed by atoms with Crippen LogP contribution in [-0.2, 0) is 19.1 Å². The van der Waals surface area contributed by atoms with Gasteiger partial charge in [0, 0.05) is 29.2 Å². The van der Waals surface area contributed by atoms with Crippen LogP contribution in [0.1, 0.15) is 30.6 Å². The van der Waals surface area contributed by atoms with Gasteiger partial charge < -0.3 is 14.8 Å². The monoisotopic (exact) mass is 365 g/mol. The van der Waals surface area contributed by atoms with E-state index < -0.39 is 18.0 Å². The van der Waals surface area contributed by atoms with E-state index in [1.165, 1.54) is 29.6 Å². The number of esters is 2. The van der Waals surface area contributed by atoms with Gasteiger partial charge in [0.1, 0.15) is 16.7 Å². The van der Waals surface area contributed by atoms with E-state index in [0.717, 1.165) is 4.88 Å². The minimum absolute atomic E-state index is 0.269. The molecule has 2 aromatic heterocycles. The Morgan fingerprint density at radius 3 is 2.75 bits per heavy atom. The predicted molar refractivity (Wildman–Crippen MR) is 91.3 cm³/mol. The highest BCUT2D eigenvalue weighted by atomic mass is 32.1. The zero-order valence-corrected chi connectivity index (χ0v) is 14.7. The van der Waals surface area contributed by atoms with Crippen molar-refractivity contribution < 1.29 is 23.9 Å². The normalized spacial score (nSPS) is 19.8. The molecular weight excluding hydrogens is 350 g/mol. The lowest BCUT2D eigenvalue weighted by molar-refractivity contribution is -0.147. The van der Waals surface area contributed by atoms with Crippen LogP contribution >= 0.6 is 22.7 Å². The molecular formula is C16H15NO5S2. The van der Waals surface area contributed by atoms with Crippen LogP contribution in [0, 0.1) is 0 Å². The molecule has 24 heavy (non-hydrogen) atoms. The van der Waals surface area contributed by atoms with E-state index in [9.17, 15) is 14.4 Å². The Kier molecular flexibility index (Phi) is 4.68. The quantitative estimate of drug-likeness (QED) is 0.841. The first-order chi connectivity index (χ1) is 11.5. The molecule has 0 saturated carbocycles. The Hall–Kier alpha value is -2.19. The third-order valence-corrected chi connectivity index (χ3v) is 5.25. The smallest absolute Gasteiger partial charge is 0.347 e. The first-order valence-electron chi connectivity index (χ1n) is 7.30. The summed E-state index contributed by atoms with van der Waals surface area (Å²) in [6, 6.07) is 3.76. The Labute approximate surface area is 146 Å². The number of carbonyl (C=O) groups excluding carboxylic acids is 3. The molecule has 1 saturated heterocycles. The van der Waals surface area contributed by atoms with Gasteiger partial charge in [-0.05, 0) is 18.4 Å². The lowest BCUT2D eigenvalue weighted by Crippen LogP contribution is -2.23. The van der Waals surface area contributed by atoms with Gasteiger partial charge in [-0.3, -0.25) is 4.79 Å². The first kappa shape index (κ1) is 16.7. The minimum atomic E-state index is -0.909. The summed E-state index contributed by atoms with van der Waals surface area (Å²) in [5.74, 6) is -1.46. The second-order valence-corrected chi connectivity index (χ2v) is 7.22. The number of hydrogen-bond acceptors (Lipinski definition) is 7. The number of amides is 1. The number of thiophene rings is 2. The SMILES string of the molecule is CC(=O)Nc1scc(-c2cccs2)c1C(=O)OC1CC(C)OC1=O. The van der Waals surface area contributed by atoms with Crippen molar-refractivity contribution in [1.82, 2.24) is 0 Å². The number of ether oxygens (including phenoxy) is 2. The fraction of sp³-hybridized carbons (Fsp3) is 0.312. The largest absolute Gasteiger partial charge is 0.460 e. The average Bonchev–Trinajstić information content (AvgIpc) is 3.19. The van der Waals surface area contributed by atoms with Crippen molar-refractivity contribution in [3.05, 3.63) is 28.5 Å². The van der Waals surface area contributed by atoms with Crippen LogP contribution in [0.15, 0.2) is 22.9 Å². The maximum atomic E-state index is 12.7. The fourth-order valence-electron chi connectivity index (χ4n) is 2.43. The first-order valence-corrected chi connectivity index (χ1v) is 9.06. The summed E-state index contributed by atoms with van der Waals surface area (Å²) < 4.78 is 10.4. The summed E-state index contributed by atoms with van der Waals surface area (Å²) in [6.07, 6.45) is -0.850. The van der Waals surface area contributed by atoms with Gasteiger partial charge in [0.2, 0.25) is 12.0 Å². The highest BCUT2D eigenvalue weighted by Crippen LogP contribution is 2.38. The highest BCUT2D eigenvalue weighted by Gasteiger charge is 2.36. The third kappa shape index (κ3) is 3.34. The molecule has 0 aliphatic carbocycles. The van der Waals surface area contributed by atoms with Crippen molar-refractivity contribution in [2.75, 3.05) is 5.32 Å². The second kappa shape index (κ2) is 6.74. The Morgan fingerprint density at radius 2 is 2.17 bits per heavy atom. The van der Waals surface area contributed by atoms with Crippen LogP contribution in [0.2, 0.25) is 0 Å². The van der Waals surface area contributed by atoms with Gasteiger partial charge in [0.05, 0.1) is 0 Å². The molecule has 0 aromatic carbocycles. The number of anilines is 1. The Balaban J connectivity index is 1.92. The van der Waals surface area contributed by atoms with Crippen LogP contribution in [-0.4, -0.2) is 30.1 Å². The van der Waals surface area contributed by atoms with E-state index in [-0.39, 0.29) is 17.6 Å². The molecule has 2 atom stereocenters. The number of hydrogen-bond donors (Lipinski definition) is 1. The van der Waals surface area contributed by atoms with Crippen molar-refractivity contribution in [2.24, 2.45) is 0 Å². The van der Waals surface area contributed by atoms with Crippen LogP contribution in [0.5, 0.6) is 0 Å². The van der Waals surface area contributed by atoms with Crippen LogP contribution in [0.4, 0.5) is 5.00 Å². The maximum Gasteiger partial charge on any atom is 0.347 e. The van der Waals surface area contributed by atoms with E-state index in [1.54, 1.807) is 12.3 Å². The highest BCUT2D eigenvalue weighted by molar-refractivity contribution is 7.17. The third-order valence-electron chi connectivity index (χ3n) is 3.45. The number of rotatable bonds is 4. The zero-order chi connectivity index (χ0) is 17.3. The summed E-state index contributed by atoms with van der Waals surface area (Å²) in [5.41, 5.74) is 0.952. The van der Waals surface area contributed by atoms with Crippen molar-refractivity contribution in [3.8, 4) is 10.4 Å². The molecule has 1 N–H and O–H groups in total. The number of carbonyl (C=O) groups is 3. The molecule has 0 bridgehead atoms. The van der Waals surface area contributed by atoms with Crippen molar-refractivity contribution >= 4 is 45.5 Å². The summed E-state index contributed by atoms with van der Waals surface area (Å²) >= 11 is 2.73. The summed E-state index contributed by atoms with van der Waals surface area (Å²) in [6.45, 7) is 3.12. The predicted octanol–water partition coefficient (Wildman–Crippen LogP) is 3.30. The van der Waals surface area contributed by atoms with E-state index in [4.69, 9.17) is 9.47 Å². The van der Waals surface area contributed by atoms with Gasteiger partial charge in [-0.15, -0.1) is 22.7 Å². The molecule has 126 valence electrons. The van der Waals surface area contributed by atoms with E-state index in [2.05, 4.69) is 5.32 Å². The minimum Gasteiger partial charge on any atom is -0.460 e. The molecule has 0 radical (unpaired) electrons. The molecule has 6 nitrogen and oxygen atoms in total. The average molecular weight is 365 g/mol. The molecule has 3 rings (SSSR count). The van der Waals surface area contributed by atoms with E-state index in [1.807, 2.05) is 17.5 Å². The maximum absolute atomic E-state index is 12.7. The summed E-state index contributed by atoms with van der Waals surface area (Å²) in [7, 11) is 0. The number of nitrogens with one attached hydrogen (secondary N) is 1. The van der Waals surface area contributed by atoms with Crippen LogP contribution in [0.25, 0.3) is 10.4 Å². The Bertz CT molecular complexity index is 780. The molecule has 2 aromatic rings. The molecule has 1 fully saturated rings. The van der Waals surface area contributed by atoms with Gasteiger partial charge >= 0.3 is 11.9 Å².